The van der Waals surface area contributed by atoms with Gasteiger partial charge < -0.3 is 9.84 Å². The van der Waals surface area contributed by atoms with Crippen molar-refractivity contribution in [3.8, 4) is 28.8 Å². The molecule has 0 spiro atoms. The normalized spacial score (nSPS) is 11.0. The van der Waals surface area contributed by atoms with Gasteiger partial charge in [-0.3, -0.25) is 4.72 Å². The molecule has 2 heterocycles. The lowest BCUT2D eigenvalue weighted by atomic mass is 10.1. The van der Waals surface area contributed by atoms with Crippen molar-refractivity contribution >= 4 is 15.8 Å². The molecule has 0 atom stereocenters. The van der Waals surface area contributed by atoms with Gasteiger partial charge in [0.25, 0.3) is 10.0 Å². The minimum absolute atomic E-state index is 0.0269. The van der Waals surface area contributed by atoms with Crippen LogP contribution in [0.25, 0.3) is 11.1 Å². The molecule has 1 aromatic carbocycles. The first-order valence-electron chi connectivity index (χ1n) is 9.92. The third-order valence-corrected chi connectivity index (χ3v) is 5.82. The zero-order valence-corrected chi connectivity index (χ0v) is 18.8. The lowest BCUT2D eigenvalue weighted by Crippen LogP contribution is -2.17. The van der Waals surface area contributed by atoms with Crippen molar-refractivity contribution in [2.45, 2.75) is 31.7 Å². The number of hydrogen-bond donors (Lipinski definition) is 2. The summed E-state index contributed by atoms with van der Waals surface area (Å²) in [6, 6.07) is 10.6. The first kappa shape index (κ1) is 23.2. The highest BCUT2D eigenvalue weighted by Gasteiger charge is 2.22. The highest BCUT2D eigenvalue weighted by Crippen LogP contribution is 2.35. The Hall–Kier alpha value is -3.48. The van der Waals surface area contributed by atoms with Crippen LogP contribution in [0.15, 0.2) is 53.9 Å². The van der Waals surface area contributed by atoms with E-state index in [9.17, 15) is 8.42 Å². The van der Waals surface area contributed by atoms with Gasteiger partial charge in [0.05, 0.1) is 5.56 Å². The molecule has 0 amide bonds. The molecule has 0 bridgehead atoms. The molecule has 8 nitrogen and oxygen atoms in total. The molecule has 2 N–H and O–H groups in total. The Morgan fingerprint density at radius 1 is 1.06 bits per heavy atom. The zero-order valence-electron chi connectivity index (χ0n) is 18.0. The Kier molecular flexibility index (Phi) is 7.41. The van der Waals surface area contributed by atoms with Crippen LogP contribution in [-0.4, -0.2) is 41.7 Å². The van der Waals surface area contributed by atoms with Crippen LogP contribution in [0.1, 0.15) is 30.9 Å². The van der Waals surface area contributed by atoms with Crippen LogP contribution in [0.2, 0.25) is 0 Å². The molecule has 0 saturated heterocycles. The van der Waals surface area contributed by atoms with E-state index in [0.717, 1.165) is 11.1 Å². The lowest BCUT2D eigenvalue weighted by molar-refractivity contribution is 0.345. The Morgan fingerprint density at radius 3 is 2.44 bits per heavy atom. The largest absolute Gasteiger partial charge is 0.464 e. The fraction of sp³-hybridized carbons (Fsp3) is 0.261. The average molecular weight is 453 g/mol. The number of ether oxygens (including phenoxy) is 1. The number of anilines is 1. The first-order chi connectivity index (χ1) is 15.3. The van der Waals surface area contributed by atoms with Gasteiger partial charge in [-0.15, -0.1) is 0 Å². The maximum Gasteiger partial charge on any atom is 0.280 e. The molecular formula is C23H24N4O4S. The van der Waals surface area contributed by atoms with E-state index in [1.807, 2.05) is 45.0 Å². The summed E-state index contributed by atoms with van der Waals surface area (Å²) in [4.78, 5) is 12.4. The van der Waals surface area contributed by atoms with Crippen molar-refractivity contribution in [1.82, 2.24) is 15.0 Å². The average Bonchev–Trinajstić information content (AvgIpc) is 2.77. The minimum Gasteiger partial charge on any atom is -0.464 e. The van der Waals surface area contributed by atoms with Crippen molar-refractivity contribution < 1.29 is 18.3 Å². The van der Waals surface area contributed by atoms with Crippen LogP contribution in [-0.2, 0) is 10.0 Å². The van der Waals surface area contributed by atoms with E-state index in [1.165, 1.54) is 12.4 Å². The molecule has 166 valence electrons. The van der Waals surface area contributed by atoms with Gasteiger partial charge in [-0.05, 0) is 30.0 Å². The van der Waals surface area contributed by atoms with Crippen molar-refractivity contribution in [2.75, 3.05) is 17.9 Å². The Balaban J connectivity index is 2.01. The molecule has 2 aromatic heterocycles. The second-order valence-corrected chi connectivity index (χ2v) is 8.89. The molecule has 3 aromatic rings. The molecule has 0 saturated carbocycles. The summed E-state index contributed by atoms with van der Waals surface area (Å²) in [7, 11) is -4.01. The smallest absolute Gasteiger partial charge is 0.280 e. The third-order valence-electron chi connectivity index (χ3n) is 4.57. The number of aliphatic hydroxyl groups is 1. The SMILES string of the molecule is Cc1ccc(-c2c(NS(=O)(=O)c3ccc(C(C)C)cn3)ncnc2OCC#CCO)cc1. The third kappa shape index (κ3) is 5.60. The van der Waals surface area contributed by atoms with Crippen molar-refractivity contribution in [1.29, 1.82) is 0 Å². The number of sulfonamides is 1. The molecule has 0 aliphatic heterocycles. The minimum atomic E-state index is -4.01. The number of rotatable bonds is 7. The van der Waals surface area contributed by atoms with E-state index in [2.05, 4.69) is 31.5 Å². The summed E-state index contributed by atoms with van der Waals surface area (Å²) in [5, 5.41) is 8.69. The van der Waals surface area contributed by atoms with Crippen LogP contribution in [0.5, 0.6) is 5.88 Å². The molecule has 3 rings (SSSR count). The molecule has 32 heavy (non-hydrogen) atoms. The van der Waals surface area contributed by atoms with Gasteiger partial charge in [-0.2, -0.15) is 8.42 Å². The fourth-order valence-corrected chi connectivity index (χ4v) is 3.77. The van der Waals surface area contributed by atoms with E-state index >= 15 is 0 Å². The van der Waals surface area contributed by atoms with Crippen LogP contribution >= 0.6 is 0 Å². The molecule has 0 fully saturated rings. The maximum atomic E-state index is 13.0. The van der Waals surface area contributed by atoms with Crippen molar-refractivity contribution in [3.63, 3.8) is 0 Å². The van der Waals surface area contributed by atoms with Gasteiger partial charge in [0, 0.05) is 6.20 Å². The number of aryl methyl sites for hydroxylation is 1. The van der Waals surface area contributed by atoms with Crippen molar-refractivity contribution in [2.24, 2.45) is 0 Å². The highest BCUT2D eigenvalue weighted by molar-refractivity contribution is 7.92. The summed E-state index contributed by atoms with van der Waals surface area (Å²) >= 11 is 0. The Labute approximate surface area is 187 Å². The van der Waals surface area contributed by atoms with Crippen LogP contribution in [0.4, 0.5) is 5.82 Å². The van der Waals surface area contributed by atoms with Gasteiger partial charge in [0.15, 0.2) is 17.5 Å². The number of nitrogens with zero attached hydrogens (tertiary/aromatic N) is 3. The monoisotopic (exact) mass is 452 g/mol. The van der Waals surface area contributed by atoms with Crippen LogP contribution in [0, 0.1) is 18.8 Å². The topological polar surface area (TPSA) is 114 Å². The summed E-state index contributed by atoms with van der Waals surface area (Å²) in [6.07, 6.45) is 2.76. The fourth-order valence-electron chi connectivity index (χ4n) is 2.82. The molecule has 0 unspecified atom stereocenters. The second kappa shape index (κ2) is 10.2. The molecular weight excluding hydrogens is 428 g/mol. The van der Waals surface area contributed by atoms with E-state index in [-0.39, 0.29) is 35.9 Å². The molecule has 0 radical (unpaired) electrons. The van der Waals surface area contributed by atoms with E-state index in [4.69, 9.17) is 9.84 Å². The quantitative estimate of drug-likeness (QED) is 0.529. The van der Waals surface area contributed by atoms with Crippen LogP contribution in [0.3, 0.4) is 0 Å². The van der Waals surface area contributed by atoms with Gasteiger partial charge >= 0.3 is 0 Å². The molecule has 9 heteroatoms. The van der Waals surface area contributed by atoms with E-state index < -0.39 is 10.0 Å². The van der Waals surface area contributed by atoms with Crippen LogP contribution < -0.4 is 9.46 Å². The number of benzene rings is 1. The Bertz CT molecular complexity index is 1230. The molecule has 0 aliphatic rings. The number of nitrogens with one attached hydrogen (secondary N) is 1. The van der Waals surface area contributed by atoms with E-state index in [1.54, 1.807) is 12.3 Å². The summed E-state index contributed by atoms with van der Waals surface area (Å²) in [5.74, 6) is 5.59. The number of pyridine rings is 1. The predicted octanol–water partition coefficient (Wildman–Crippen LogP) is 3.15. The van der Waals surface area contributed by atoms with Gasteiger partial charge in [-0.25, -0.2) is 15.0 Å². The number of aliphatic hydroxyl groups excluding tert-OH is 1. The summed E-state index contributed by atoms with van der Waals surface area (Å²) in [5.41, 5.74) is 3.02. The van der Waals surface area contributed by atoms with E-state index in [0.29, 0.717) is 11.1 Å². The second-order valence-electron chi connectivity index (χ2n) is 7.26. The maximum absolute atomic E-state index is 13.0. The van der Waals surface area contributed by atoms with Gasteiger partial charge in [0.1, 0.15) is 12.9 Å². The Morgan fingerprint density at radius 2 is 1.81 bits per heavy atom. The predicted molar refractivity (Wildman–Crippen MR) is 122 cm³/mol. The standard InChI is InChI=1S/C23H24N4O4S/c1-16(2)19-10-11-20(24-14-19)32(29,30)27-22-21(18-8-6-17(3)7-9-18)23(26-15-25-22)31-13-5-4-12-28/h6-11,14-16,28H,12-13H2,1-3H3,(H,25,26,27). The summed E-state index contributed by atoms with van der Waals surface area (Å²) in [6.45, 7) is 5.64. The molecule has 0 aliphatic carbocycles. The van der Waals surface area contributed by atoms with Crippen molar-refractivity contribution in [3.05, 3.63) is 60.0 Å². The number of aromatic nitrogens is 3. The highest BCUT2D eigenvalue weighted by atomic mass is 32.2. The number of hydrogen-bond acceptors (Lipinski definition) is 7. The lowest BCUT2D eigenvalue weighted by Gasteiger charge is -2.15. The summed E-state index contributed by atoms with van der Waals surface area (Å²) < 4.78 is 34.2. The zero-order chi connectivity index (χ0) is 23.1. The van der Waals surface area contributed by atoms with Gasteiger partial charge in [0.2, 0.25) is 5.88 Å². The first-order valence-corrected chi connectivity index (χ1v) is 11.4. The van der Waals surface area contributed by atoms with Gasteiger partial charge in [-0.1, -0.05) is 61.6 Å².